The highest BCUT2D eigenvalue weighted by molar-refractivity contribution is 6.73. The molecule has 0 saturated heterocycles. The molecule has 2 unspecified atom stereocenters. The van der Waals surface area contributed by atoms with Crippen LogP contribution in [0.4, 0.5) is 0 Å². The van der Waals surface area contributed by atoms with Crippen molar-refractivity contribution in [3.63, 3.8) is 0 Å². The lowest BCUT2D eigenvalue weighted by molar-refractivity contribution is -0.126. The lowest BCUT2D eigenvalue weighted by Gasteiger charge is -2.38. The van der Waals surface area contributed by atoms with Crippen LogP contribution in [0, 0.1) is 11.8 Å². The molecule has 0 aromatic rings. The summed E-state index contributed by atoms with van der Waals surface area (Å²) in [5.41, 5.74) is 0. The second-order valence-corrected chi connectivity index (χ2v) is 10.5. The molecule has 0 saturated carbocycles. The fourth-order valence-corrected chi connectivity index (χ4v) is 5.75. The van der Waals surface area contributed by atoms with Gasteiger partial charge in [-0.05, 0) is 24.1 Å². The molecule has 0 fully saturated rings. The van der Waals surface area contributed by atoms with Crippen molar-refractivity contribution >= 4 is 14.1 Å². The molecule has 0 spiro atoms. The highest BCUT2D eigenvalue weighted by Crippen LogP contribution is 2.30. The van der Waals surface area contributed by atoms with Gasteiger partial charge in [0.25, 0.3) is 0 Å². The summed E-state index contributed by atoms with van der Waals surface area (Å²) in [4.78, 5) is 12.1. The Labute approximate surface area is 121 Å². The van der Waals surface area contributed by atoms with Crippen LogP contribution < -0.4 is 0 Å². The van der Waals surface area contributed by atoms with Crippen molar-refractivity contribution in [1.82, 2.24) is 0 Å². The molecule has 0 rings (SSSR count). The van der Waals surface area contributed by atoms with E-state index in [0.717, 1.165) is 24.6 Å². The molecule has 0 radical (unpaired) electrons. The van der Waals surface area contributed by atoms with Crippen LogP contribution in [0.15, 0.2) is 0 Å². The molecule has 3 heteroatoms. The van der Waals surface area contributed by atoms with Crippen LogP contribution in [0.3, 0.4) is 0 Å². The average molecular weight is 287 g/mol. The number of Topliss-reactive ketones (excluding diaryl/α,β-unsaturated/α-hetero) is 1. The SMILES string of the molecule is CCC(=O)C(C)C(O[Si](CC)(CC)CC)[C@@H](C)CC. The number of rotatable bonds is 10. The number of hydrogen-bond donors (Lipinski definition) is 0. The number of carbonyl (C=O) groups excluding carboxylic acids is 1. The standard InChI is InChI=1S/C16H34O2Si/c1-8-13(6)16(14(7)15(17)9-2)18-19(10-3,11-4)12-5/h13-14,16H,8-12H2,1-7H3/t13-,14?,16?/m0/s1. The molecule has 0 amide bonds. The first kappa shape index (κ1) is 18.8. The van der Waals surface area contributed by atoms with E-state index in [0.29, 0.717) is 18.1 Å². The molecule has 114 valence electrons. The Morgan fingerprint density at radius 2 is 1.47 bits per heavy atom. The highest BCUT2D eigenvalue weighted by atomic mass is 28.4. The van der Waals surface area contributed by atoms with Crippen LogP contribution >= 0.6 is 0 Å². The van der Waals surface area contributed by atoms with Gasteiger partial charge in [-0.2, -0.15) is 0 Å². The van der Waals surface area contributed by atoms with Crippen LogP contribution in [0.2, 0.25) is 18.1 Å². The fourth-order valence-electron chi connectivity index (χ4n) is 2.74. The maximum Gasteiger partial charge on any atom is 0.192 e. The van der Waals surface area contributed by atoms with E-state index in [1.54, 1.807) is 0 Å². The summed E-state index contributed by atoms with van der Waals surface area (Å²) in [7, 11) is -1.63. The van der Waals surface area contributed by atoms with Gasteiger partial charge in [-0.15, -0.1) is 0 Å². The second kappa shape index (κ2) is 8.91. The van der Waals surface area contributed by atoms with Crippen molar-refractivity contribution in [1.29, 1.82) is 0 Å². The molecule has 0 bridgehead atoms. The van der Waals surface area contributed by atoms with E-state index in [4.69, 9.17) is 4.43 Å². The van der Waals surface area contributed by atoms with Gasteiger partial charge in [0.05, 0.1) is 6.10 Å². The lowest BCUT2D eigenvalue weighted by atomic mass is 9.88. The molecule has 0 aliphatic rings. The Morgan fingerprint density at radius 3 is 1.79 bits per heavy atom. The van der Waals surface area contributed by atoms with Gasteiger partial charge in [0, 0.05) is 12.3 Å². The molecule has 0 aromatic carbocycles. The smallest absolute Gasteiger partial charge is 0.192 e. The maximum atomic E-state index is 12.1. The van der Waals surface area contributed by atoms with Crippen LogP contribution in [0.5, 0.6) is 0 Å². The van der Waals surface area contributed by atoms with Crippen molar-refractivity contribution in [2.45, 2.75) is 85.5 Å². The predicted octanol–water partition coefficient (Wildman–Crippen LogP) is 5.04. The fraction of sp³-hybridized carbons (Fsp3) is 0.938. The number of ketones is 1. The Kier molecular flexibility index (Phi) is 8.84. The number of hydrogen-bond acceptors (Lipinski definition) is 2. The molecule has 2 nitrogen and oxygen atoms in total. The third-order valence-corrected chi connectivity index (χ3v) is 9.51. The lowest BCUT2D eigenvalue weighted by Crippen LogP contribution is -2.46. The molecule has 3 atom stereocenters. The molecule has 0 aliphatic heterocycles. The minimum atomic E-state index is -1.63. The van der Waals surface area contributed by atoms with E-state index in [-0.39, 0.29) is 12.0 Å². The molecular weight excluding hydrogens is 252 g/mol. The van der Waals surface area contributed by atoms with Crippen molar-refractivity contribution in [2.24, 2.45) is 11.8 Å². The molecule has 19 heavy (non-hydrogen) atoms. The summed E-state index contributed by atoms with van der Waals surface area (Å²) >= 11 is 0. The molecular formula is C16H34O2Si. The van der Waals surface area contributed by atoms with Crippen molar-refractivity contribution in [2.75, 3.05) is 0 Å². The minimum Gasteiger partial charge on any atom is -0.413 e. The van der Waals surface area contributed by atoms with E-state index in [1.807, 2.05) is 6.92 Å². The van der Waals surface area contributed by atoms with Gasteiger partial charge in [-0.25, -0.2) is 0 Å². The normalized spacial score (nSPS) is 17.0. The third kappa shape index (κ3) is 5.03. The molecule has 0 N–H and O–H groups in total. The summed E-state index contributed by atoms with van der Waals surface area (Å²) in [6, 6.07) is 3.46. The van der Waals surface area contributed by atoms with Crippen molar-refractivity contribution < 1.29 is 9.22 Å². The van der Waals surface area contributed by atoms with Crippen molar-refractivity contribution in [3.05, 3.63) is 0 Å². The monoisotopic (exact) mass is 286 g/mol. The van der Waals surface area contributed by atoms with E-state index in [1.165, 1.54) is 0 Å². The van der Waals surface area contributed by atoms with Crippen LogP contribution in [-0.4, -0.2) is 20.2 Å². The van der Waals surface area contributed by atoms with E-state index >= 15 is 0 Å². The van der Waals surface area contributed by atoms with Gasteiger partial charge in [-0.1, -0.05) is 54.9 Å². The van der Waals surface area contributed by atoms with E-state index < -0.39 is 8.32 Å². The predicted molar refractivity (Wildman–Crippen MR) is 86.0 cm³/mol. The summed E-state index contributed by atoms with van der Waals surface area (Å²) in [5.74, 6) is 0.843. The van der Waals surface area contributed by atoms with Crippen LogP contribution in [-0.2, 0) is 9.22 Å². The molecule has 0 aromatic heterocycles. The van der Waals surface area contributed by atoms with Crippen LogP contribution in [0.25, 0.3) is 0 Å². The van der Waals surface area contributed by atoms with Gasteiger partial charge < -0.3 is 4.43 Å². The maximum absolute atomic E-state index is 12.1. The number of carbonyl (C=O) groups is 1. The van der Waals surface area contributed by atoms with Gasteiger partial charge in [0.2, 0.25) is 0 Å². The summed E-state index contributed by atoms with van der Waals surface area (Å²) in [6.45, 7) is 15.2. The van der Waals surface area contributed by atoms with Gasteiger partial charge in [0.15, 0.2) is 8.32 Å². The summed E-state index contributed by atoms with van der Waals surface area (Å²) in [5, 5.41) is 0. The third-order valence-electron chi connectivity index (χ3n) is 4.87. The Balaban J connectivity index is 5.10. The highest BCUT2D eigenvalue weighted by Gasteiger charge is 2.37. The largest absolute Gasteiger partial charge is 0.413 e. The zero-order valence-corrected chi connectivity index (χ0v) is 15.1. The topological polar surface area (TPSA) is 26.3 Å². The van der Waals surface area contributed by atoms with Crippen LogP contribution in [0.1, 0.15) is 61.3 Å². The van der Waals surface area contributed by atoms with E-state index in [2.05, 4.69) is 41.5 Å². The first-order valence-corrected chi connectivity index (χ1v) is 10.6. The van der Waals surface area contributed by atoms with E-state index in [9.17, 15) is 4.79 Å². The zero-order valence-electron chi connectivity index (χ0n) is 14.1. The Hall–Kier alpha value is -0.153. The quantitative estimate of drug-likeness (QED) is 0.526. The van der Waals surface area contributed by atoms with Gasteiger partial charge in [0.1, 0.15) is 5.78 Å². The Bertz CT molecular complexity index is 253. The first-order valence-electron chi connectivity index (χ1n) is 8.11. The second-order valence-electron chi connectivity index (χ2n) is 5.82. The molecule has 0 aliphatic carbocycles. The molecule has 0 heterocycles. The summed E-state index contributed by atoms with van der Waals surface area (Å²) < 4.78 is 6.64. The summed E-state index contributed by atoms with van der Waals surface area (Å²) in [6.07, 6.45) is 1.81. The zero-order chi connectivity index (χ0) is 15.1. The average Bonchev–Trinajstić information content (AvgIpc) is 2.47. The Morgan fingerprint density at radius 1 is 1.00 bits per heavy atom. The van der Waals surface area contributed by atoms with Gasteiger partial charge in [-0.3, -0.25) is 4.79 Å². The van der Waals surface area contributed by atoms with Gasteiger partial charge >= 0.3 is 0 Å². The minimum absolute atomic E-state index is 0.0384. The van der Waals surface area contributed by atoms with Crippen molar-refractivity contribution in [3.8, 4) is 0 Å². The first-order chi connectivity index (χ1) is 8.91.